The van der Waals surface area contributed by atoms with Crippen LogP contribution in [0.4, 0.5) is 0 Å². The Kier molecular flexibility index (Phi) is 2.66. The Labute approximate surface area is 93.4 Å². The highest BCUT2D eigenvalue weighted by molar-refractivity contribution is 14.1. The van der Waals surface area contributed by atoms with Crippen LogP contribution in [-0.4, -0.2) is 18.1 Å². The van der Waals surface area contributed by atoms with Crippen LogP contribution in [0.3, 0.4) is 0 Å². The summed E-state index contributed by atoms with van der Waals surface area (Å²) >= 11 is 5.77. The Morgan fingerprint density at radius 1 is 1.58 bits per heavy atom. The minimum atomic E-state index is 0.691. The summed E-state index contributed by atoms with van der Waals surface area (Å²) in [7, 11) is 0. The van der Waals surface area contributed by atoms with Gasteiger partial charge in [-0.2, -0.15) is 0 Å². The molecule has 0 bridgehead atoms. The summed E-state index contributed by atoms with van der Waals surface area (Å²) in [5.74, 6) is 0.691. The zero-order chi connectivity index (χ0) is 8.55. The molecule has 2 rings (SSSR count). The number of nitrogens with one attached hydrogen (secondary N) is 1. The van der Waals surface area contributed by atoms with Crippen LogP contribution in [-0.2, 0) is 0 Å². The molecule has 2 nitrogen and oxygen atoms in total. The van der Waals surface area contributed by atoms with Crippen LogP contribution in [0.1, 0.15) is 11.5 Å². The lowest BCUT2D eigenvalue weighted by atomic mass is 9.95. The normalized spacial score (nSPS) is 17.5. The average molecular weight is 339 g/mol. The molecule has 64 valence electrons. The van der Waals surface area contributed by atoms with Crippen molar-refractivity contribution in [2.75, 3.05) is 13.1 Å². The first-order valence-electron chi connectivity index (χ1n) is 3.79. The first-order valence-corrected chi connectivity index (χ1v) is 5.67. The Hall–Kier alpha value is 0.320. The third-order valence-corrected chi connectivity index (χ3v) is 4.57. The number of hydrogen-bond donors (Lipinski definition) is 1. The van der Waals surface area contributed by atoms with Crippen LogP contribution in [0.25, 0.3) is 0 Å². The van der Waals surface area contributed by atoms with Gasteiger partial charge < -0.3 is 5.32 Å². The highest BCUT2D eigenvalue weighted by Gasteiger charge is 2.21. The van der Waals surface area contributed by atoms with E-state index in [0.29, 0.717) is 5.92 Å². The Balaban J connectivity index is 2.36. The lowest BCUT2D eigenvalue weighted by Gasteiger charge is -2.28. The van der Waals surface area contributed by atoms with Crippen molar-refractivity contribution in [3.05, 3.63) is 26.0 Å². The smallest absolute Gasteiger partial charge is 0.119 e. The van der Waals surface area contributed by atoms with Gasteiger partial charge in [0.2, 0.25) is 0 Å². The summed E-state index contributed by atoms with van der Waals surface area (Å²) in [6, 6.07) is 2.11. The summed E-state index contributed by atoms with van der Waals surface area (Å²) in [6.07, 6.45) is 1.86. The quantitative estimate of drug-likeness (QED) is 0.627. The molecule has 1 aromatic heterocycles. The van der Waals surface area contributed by atoms with Crippen molar-refractivity contribution in [1.29, 1.82) is 0 Å². The molecule has 0 amide bonds. The maximum Gasteiger partial charge on any atom is 0.119 e. The second kappa shape index (κ2) is 3.59. The van der Waals surface area contributed by atoms with Gasteiger partial charge in [-0.05, 0) is 50.2 Å². The first-order chi connectivity index (χ1) is 5.79. The molecule has 1 N–H and O–H groups in total. The molecule has 0 unspecified atom stereocenters. The highest BCUT2D eigenvalue weighted by atomic mass is 127. The largest absolute Gasteiger partial charge is 0.315 e. The lowest BCUT2D eigenvalue weighted by molar-refractivity contribution is 0.446. The molecular weight excluding hydrogens is 331 g/mol. The van der Waals surface area contributed by atoms with Crippen LogP contribution in [0.2, 0.25) is 0 Å². The van der Waals surface area contributed by atoms with Crippen molar-refractivity contribution in [2.24, 2.45) is 0 Å². The molecule has 1 aromatic rings. The van der Waals surface area contributed by atoms with Crippen LogP contribution in [0.5, 0.6) is 0 Å². The molecule has 0 aliphatic carbocycles. The zero-order valence-electron chi connectivity index (χ0n) is 6.35. The Morgan fingerprint density at radius 2 is 2.33 bits per heavy atom. The van der Waals surface area contributed by atoms with Crippen molar-refractivity contribution in [1.82, 2.24) is 10.3 Å². The van der Waals surface area contributed by atoms with Gasteiger partial charge in [0.1, 0.15) is 4.60 Å². The van der Waals surface area contributed by atoms with Gasteiger partial charge >= 0.3 is 0 Å². The van der Waals surface area contributed by atoms with E-state index in [1.54, 1.807) is 0 Å². The van der Waals surface area contributed by atoms with Crippen molar-refractivity contribution < 1.29 is 0 Å². The average Bonchev–Trinajstić information content (AvgIpc) is 1.95. The molecule has 0 radical (unpaired) electrons. The maximum absolute atomic E-state index is 4.17. The standard InChI is InChI=1S/C8H8BrIN2/c9-8-7(10)6(1-2-12-8)5-3-11-4-5/h1-2,5,11H,3-4H2. The maximum atomic E-state index is 4.17. The predicted octanol–water partition coefficient (Wildman–Crippen LogP) is 2.14. The Morgan fingerprint density at radius 3 is 2.92 bits per heavy atom. The second-order valence-electron chi connectivity index (χ2n) is 2.86. The number of halogens is 2. The predicted molar refractivity (Wildman–Crippen MR) is 60.3 cm³/mol. The first kappa shape index (κ1) is 8.90. The van der Waals surface area contributed by atoms with E-state index in [4.69, 9.17) is 0 Å². The number of pyridine rings is 1. The van der Waals surface area contributed by atoms with E-state index >= 15 is 0 Å². The SMILES string of the molecule is Brc1nccc(C2CNC2)c1I. The van der Waals surface area contributed by atoms with E-state index in [1.165, 1.54) is 9.13 Å². The molecule has 12 heavy (non-hydrogen) atoms. The van der Waals surface area contributed by atoms with E-state index in [2.05, 4.69) is 54.9 Å². The monoisotopic (exact) mass is 338 g/mol. The highest BCUT2D eigenvalue weighted by Crippen LogP contribution is 2.28. The molecule has 1 fully saturated rings. The second-order valence-corrected chi connectivity index (χ2v) is 4.69. The van der Waals surface area contributed by atoms with E-state index < -0.39 is 0 Å². The van der Waals surface area contributed by atoms with Crippen LogP contribution in [0, 0.1) is 3.57 Å². The van der Waals surface area contributed by atoms with Gasteiger partial charge in [-0.25, -0.2) is 4.98 Å². The third-order valence-electron chi connectivity index (χ3n) is 2.10. The van der Waals surface area contributed by atoms with Crippen molar-refractivity contribution >= 4 is 38.5 Å². The molecule has 0 spiro atoms. The zero-order valence-corrected chi connectivity index (χ0v) is 10.1. The van der Waals surface area contributed by atoms with Gasteiger partial charge in [0.25, 0.3) is 0 Å². The van der Waals surface area contributed by atoms with Crippen molar-refractivity contribution in [3.63, 3.8) is 0 Å². The van der Waals surface area contributed by atoms with Gasteiger partial charge in [-0.15, -0.1) is 0 Å². The number of hydrogen-bond acceptors (Lipinski definition) is 2. The van der Waals surface area contributed by atoms with Gasteiger partial charge in [-0.1, -0.05) is 0 Å². The number of rotatable bonds is 1. The molecule has 1 aliphatic heterocycles. The number of aromatic nitrogens is 1. The summed E-state index contributed by atoms with van der Waals surface area (Å²) in [5.41, 5.74) is 1.41. The topological polar surface area (TPSA) is 24.9 Å². The molecule has 0 aromatic carbocycles. The fourth-order valence-electron chi connectivity index (χ4n) is 1.26. The molecule has 1 aliphatic rings. The fourth-order valence-corrected chi connectivity index (χ4v) is 2.36. The van der Waals surface area contributed by atoms with E-state index in [0.717, 1.165) is 17.7 Å². The van der Waals surface area contributed by atoms with Gasteiger partial charge in [0, 0.05) is 28.8 Å². The number of nitrogens with zero attached hydrogens (tertiary/aromatic N) is 1. The molecule has 2 heterocycles. The van der Waals surface area contributed by atoms with Crippen molar-refractivity contribution in [3.8, 4) is 0 Å². The summed E-state index contributed by atoms with van der Waals surface area (Å²) in [5, 5.41) is 3.27. The summed E-state index contributed by atoms with van der Waals surface area (Å²) in [6.45, 7) is 2.21. The minimum Gasteiger partial charge on any atom is -0.315 e. The molecule has 0 atom stereocenters. The van der Waals surface area contributed by atoms with E-state index in [-0.39, 0.29) is 0 Å². The molecule has 1 saturated heterocycles. The van der Waals surface area contributed by atoms with Gasteiger partial charge in [-0.3, -0.25) is 0 Å². The summed E-state index contributed by atoms with van der Waals surface area (Å²) < 4.78 is 2.22. The van der Waals surface area contributed by atoms with Gasteiger partial charge in [0.15, 0.2) is 0 Å². The Bertz CT molecular complexity index is 299. The lowest BCUT2D eigenvalue weighted by Crippen LogP contribution is -2.40. The molecular formula is C8H8BrIN2. The van der Waals surface area contributed by atoms with E-state index in [1.807, 2.05) is 6.20 Å². The van der Waals surface area contributed by atoms with Crippen LogP contribution >= 0.6 is 38.5 Å². The third kappa shape index (κ3) is 1.52. The van der Waals surface area contributed by atoms with Crippen LogP contribution in [0.15, 0.2) is 16.9 Å². The van der Waals surface area contributed by atoms with Gasteiger partial charge in [0.05, 0.1) is 0 Å². The molecule has 4 heteroatoms. The van der Waals surface area contributed by atoms with Crippen molar-refractivity contribution in [2.45, 2.75) is 5.92 Å². The molecule has 0 saturated carbocycles. The summed E-state index contributed by atoms with van der Waals surface area (Å²) in [4.78, 5) is 4.17. The van der Waals surface area contributed by atoms with E-state index in [9.17, 15) is 0 Å². The fraction of sp³-hybridized carbons (Fsp3) is 0.375. The minimum absolute atomic E-state index is 0.691. The van der Waals surface area contributed by atoms with Crippen LogP contribution < -0.4 is 5.32 Å².